The minimum Gasteiger partial charge on any atom is -0.491 e. The first-order chi connectivity index (χ1) is 17.9. The zero-order valence-corrected chi connectivity index (χ0v) is 21.0. The maximum Gasteiger partial charge on any atom is 0.305 e. The van der Waals surface area contributed by atoms with Gasteiger partial charge in [-0.25, -0.2) is 8.78 Å². The van der Waals surface area contributed by atoms with Crippen molar-refractivity contribution >= 4 is 5.97 Å². The van der Waals surface area contributed by atoms with Gasteiger partial charge in [0, 0.05) is 17.8 Å². The summed E-state index contributed by atoms with van der Waals surface area (Å²) in [5.41, 5.74) is 0.829. The van der Waals surface area contributed by atoms with E-state index in [4.69, 9.17) is 14.2 Å². The topological polar surface area (TPSA) is 65.0 Å². The number of unbranched alkanes of at least 4 members (excludes halogenated alkanes) is 1. The molecule has 1 saturated carbocycles. The minimum atomic E-state index is -0.833. The molecule has 0 spiro atoms. The Hall–Kier alpha value is -3.03. The molecular formula is C30H34F2O5. The highest BCUT2D eigenvalue weighted by molar-refractivity contribution is 5.69. The fourth-order valence-electron chi connectivity index (χ4n) is 5.56. The Morgan fingerprint density at radius 1 is 1.14 bits per heavy atom. The first-order valence-electron chi connectivity index (χ1n) is 12.8. The molecule has 2 fully saturated rings. The Bertz CT molecular complexity index is 1080. The van der Waals surface area contributed by atoms with Crippen molar-refractivity contribution in [1.82, 2.24) is 0 Å². The van der Waals surface area contributed by atoms with Crippen LogP contribution in [0.1, 0.15) is 37.7 Å². The van der Waals surface area contributed by atoms with Crippen LogP contribution >= 0.6 is 0 Å². The van der Waals surface area contributed by atoms with Crippen molar-refractivity contribution in [2.24, 2.45) is 11.8 Å². The van der Waals surface area contributed by atoms with Gasteiger partial charge in [0.15, 0.2) is 0 Å². The highest BCUT2D eigenvalue weighted by Gasteiger charge is 2.58. The molecule has 5 nitrogen and oxygen atoms in total. The van der Waals surface area contributed by atoms with Gasteiger partial charge in [0.1, 0.15) is 30.1 Å². The monoisotopic (exact) mass is 512 g/mol. The lowest BCUT2D eigenvalue weighted by atomic mass is 9.69. The molecule has 2 bridgehead atoms. The van der Waals surface area contributed by atoms with E-state index in [2.05, 4.69) is 12.2 Å². The highest BCUT2D eigenvalue weighted by Crippen LogP contribution is 2.57. The van der Waals surface area contributed by atoms with Crippen molar-refractivity contribution in [2.75, 3.05) is 20.3 Å². The van der Waals surface area contributed by atoms with Crippen molar-refractivity contribution in [3.63, 3.8) is 0 Å². The van der Waals surface area contributed by atoms with E-state index in [-0.39, 0.29) is 47.6 Å². The van der Waals surface area contributed by atoms with Gasteiger partial charge in [0.05, 0.1) is 19.8 Å². The number of methoxy groups -OCH3 is 1. The molecule has 2 aromatic rings. The van der Waals surface area contributed by atoms with Crippen molar-refractivity contribution < 1.29 is 32.9 Å². The summed E-state index contributed by atoms with van der Waals surface area (Å²) in [6.07, 6.45) is 10.7. The lowest BCUT2D eigenvalue weighted by Gasteiger charge is -2.38. The van der Waals surface area contributed by atoms with Crippen LogP contribution in [0.3, 0.4) is 0 Å². The largest absolute Gasteiger partial charge is 0.491 e. The number of hydrogen-bond acceptors (Lipinski definition) is 5. The number of carbonyl (C=O) groups excluding carboxylic acids is 1. The van der Waals surface area contributed by atoms with Gasteiger partial charge >= 0.3 is 5.97 Å². The fourth-order valence-corrected chi connectivity index (χ4v) is 5.56. The summed E-state index contributed by atoms with van der Waals surface area (Å²) < 4.78 is 43.2. The lowest BCUT2D eigenvalue weighted by Crippen LogP contribution is -2.39. The van der Waals surface area contributed by atoms with E-state index < -0.39 is 6.10 Å². The number of carbonyl (C=O) groups is 1. The molecule has 1 heterocycles. The number of esters is 1. The molecule has 0 aromatic heterocycles. The van der Waals surface area contributed by atoms with Crippen LogP contribution in [0.25, 0.3) is 0 Å². The van der Waals surface area contributed by atoms with Crippen molar-refractivity contribution in [3.8, 4) is 5.75 Å². The van der Waals surface area contributed by atoms with Crippen LogP contribution in [0.15, 0.2) is 72.8 Å². The van der Waals surface area contributed by atoms with E-state index in [0.29, 0.717) is 18.8 Å². The number of fused-ring (bicyclic) bond motifs is 2. The van der Waals surface area contributed by atoms with Crippen LogP contribution in [0, 0.1) is 23.5 Å². The van der Waals surface area contributed by atoms with Crippen molar-refractivity contribution in [1.29, 1.82) is 0 Å². The first-order valence-corrected chi connectivity index (χ1v) is 12.8. The molecule has 2 aliphatic rings. The molecule has 2 aromatic carbocycles. The van der Waals surface area contributed by atoms with Crippen molar-refractivity contribution in [3.05, 3.63) is 90.0 Å². The number of aliphatic hydroxyl groups is 1. The van der Waals surface area contributed by atoms with Gasteiger partial charge < -0.3 is 19.3 Å². The normalized spacial score (nSPS) is 25.7. The second kappa shape index (κ2) is 12.5. The van der Waals surface area contributed by atoms with E-state index in [9.17, 15) is 18.7 Å². The van der Waals surface area contributed by atoms with Gasteiger partial charge in [-0.15, -0.1) is 0 Å². The summed E-state index contributed by atoms with van der Waals surface area (Å²) in [6, 6.07) is 12.4. The Morgan fingerprint density at radius 3 is 2.54 bits per heavy atom. The quantitative estimate of drug-likeness (QED) is 0.230. The van der Waals surface area contributed by atoms with Crippen LogP contribution in [0.2, 0.25) is 0 Å². The summed E-state index contributed by atoms with van der Waals surface area (Å²) in [5.74, 6) is -0.0585. The molecule has 7 heteroatoms. The van der Waals surface area contributed by atoms with Crippen LogP contribution < -0.4 is 4.74 Å². The zero-order chi connectivity index (χ0) is 26.3. The lowest BCUT2D eigenvalue weighted by molar-refractivity contribution is -0.140. The summed E-state index contributed by atoms with van der Waals surface area (Å²) >= 11 is 0. The van der Waals surface area contributed by atoms with E-state index in [0.717, 1.165) is 31.2 Å². The average molecular weight is 513 g/mol. The molecule has 0 unspecified atom stereocenters. The second-order valence-corrected chi connectivity index (χ2v) is 9.79. The molecule has 1 saturated heterocycles. The molecule has 1 aliphatic heterocycles. The van der Waals surface area contributed by atoms with Gasteiger partial charge in [-0.2, -0.15) is 0 Å². The number of aliphatic hydroxyl groups excluding tert-OH is 1. The molecule has 1 aliphatic carbocycles. The van der Waals surface area contributed by atoms with Crippen LogP contribution in [-0.2, 0) is 19.7 Å². The number of allylic oxidation sites excluding steroid dienone is 2. The Morgan fingerprint density at radius 2 is 1.84 bits per heavy atom. The van der Waals surface area contributed by atoms with Gasteiger partial charge in [-0.3, -0.25) is 4.79 Å². The molecule has 37 heavy (non-hydrogen) atoms. The number of rotatable bonds is 12. The second-order valence-electron chi connectivity index (χ2n) is 9.79. The van der Waals surface area contributed by atoms with Gasteiger partial charge in [-0.05, 0) is 73.6 Å². The van der Waals surface area contributed by atoms with E-state index >= 15 is 0 Å². The third kappa shape index (κ3) is 6.65. The SMILES string of the molecule is COC(=O)CCCC=CC[C@@H]1[C@@H](C=C[C@@H](O)COc2ccc(F)cc2)[C@H]2C[C@]1(c1ccc(F)cc1)CO2. The third-order valence-electron chi connectivity index (χ3n) is 7.47. The van der Waals surface area contributed by atoms with Gasteiger partial charge in [-0.1, -0.05) is 36.4 Å². The predicted molar refractivity (Wildman–Crippen MR) is 136 cm³/mol. The molecule has 198 valence electrons. The third-order valence-corrected chi connectivity index (χ3v) is 7.47. The molecule has 5 atom stereocenters. The number of hydrogen-bond donors (Lipinski definition) is 1. The molecule has 1 N–H and O–H groups in total. The first kappa shape index (κ1) is 27.0. The van der Waals surface area contributed by atoms with E-state index in [1.54, 1.807) is 6.08 Å². The van der Waals surface area contributed by atoms with Gasteiger partial charge in [0.25, 0.3) is 0 Å². The average Bonchev–Trinajstić information content (AvgIpc) is 3.47. The predicted octanol–water partition coefficient (Wildman–Crippen LogP) is 5.52. The molecule has 0 amide bonds. The minimum absolute atomic E-state index is 0.00393. The smallest absolute Gasteiger partial charge is 0.305 e. The maximum atomic E-state index is 13.7. The fraction of sp³-hybridized carbons (Fsp3) is 0.433. The number of ether oxygens (including phenoxy) is 3. The maximum absolute atomic E-state index is 13.7. The summed E-state index contributed by atoms with van der Waals surface area (Å²) in [6.45, 7) is 0.624. The van der Waals surface area contributed by atoms with Crippen molar-refractivity contribution in [2.45, 2.75) is 49.7 Å². The number of benzene rings is 2. The van der Waals surface area contributed by atoms with Crippen LogP contribution in [0.4, 0.5) is 8.78 Å². The van der Waals surface area contributed by atoms with E-state index in [1.807, 2.05) is 18.2 Å². The highest BCUT2D eigenvalue weighted by atomic mass is 19.1. The Kier molecular flexibility index (Phi) is 9.11. The van der Waals surface area contributed by atoms with Gasteiger partial charge in [0.2, 0.25) is 0 Å². The molecule has 0 radical (unpaired) electrons. The standard InChI is InChI=1S/C30H34F2O5/c1-35-29(34)7-5-3-2-4-6-27-26(17-14-24(33)19-36-25-15-12-23(32)13-16-25)28-18-30(27,20-37-28)21-8-10-22(31)11-9-21/h2,4,8-17,24,26-28,33H,3,5-7,18-20H2,1H3/t24-,26-,27-,28-,30-/m1/s1. The summed E-state index contributed by atoms with van der Waals surface area (Å²) in [4.78, 5) is 11.3. The zero-order valence-electron chi connectivity index (χ0n) is 21.0. The van der Waals surface area contributed by atoms with Crippen LogP contribution in [-0.4, -0.2) is 43.6 Å². The van der Waals surface area contributed by atoms with Crippen LogP contribution in [0.5, 0.6) is 5.75 Å². The number of halogens is 2. The Balaban J connectivity index is 1.44. The molecule has 4 rings (SSSR count). The molecular weight excluding hydrogens is 478 g/mol. The summed E-state index contributed by atoms with van der Waals surface area (Å²) in [7, 11) is 1.39. The van der Waals surface area contributed by atoms with E-state index in [1.165, 1.54) is 43.5 Å². The summed E-state index contributed by atoms with van der Waals surface area (Å²) in [5, 5.41) is 10.5. The Labute approximate surface area is 216 Å².